The van der Waals surface area contributed by atoms with Gasteiger partial charge in [0.1, 0.15) is 10.8 Å². The minimum Gasteiger partial charge on any atom is -0.353 e. The number of nitrogens with one attached hydrogen (secondary N) is 1. The van der Waals surface area contributed by atoms with Gasteiger partial charge < -0.3 is 10.2 Å². The molecule has 1 aromatic carbocycles. The van der Waals surface area contributed by atoms with Crippen molar-refractivity contribution in [1.29, 1.82) is 0 Å². The van der Waals surface area contributed by atoms with Gasteiger partial charge in [0.05, 0.1) is 24.7 Å². The summed E-state index contributed by atoms with van der Waals surface area (Å²) in [5.41, 5.74) is 1.75. The molecule has 1 saturated heterocycles. The van der Waals surface area contributed by atoms with Gasteiger partial charge in [0, 0.05) is 43.0 Å². The first-order valence-corrected chi connectivity index (χ1v) is 11.3. The first-order chi connectivity index (χ1) is 14.4. The fourth-order valence-electron chi connectivity index (χ4n) is 4.12. The molecule has 0 aliphatic carbocycles. The lowest BCUT2D eigenvalue weighted by Gasteiger charge is -2.37. The van der Waals surface area contributed by atoms with E-state index in [9.17, 15) is 14.0 Å². The Morgan fingerprint density at radius 1 is 1.37 bits per heavy atom. The van der Waals surface area contributed by atoms with Crippen molar-refractivity contribution in [2.45, 2.75) is 39.3 Å². The molecule has 3 heterocycles. The van der Waals surface area contributed by atoms with Gasteiger partial charge in [-0.25, -0.2) is 9.37 Å². The van der Waals surface area contributed by atoms with Crippen molar-refractivity contribution in [3.05, 3.63) is 40.7 Å². The predicted molar refractivity (Wildman–Crippen MR) is 114 cm³/mol. The molecule has 6 nitrogen and oxygen atoms in total. The number of amides is 2. The molecule has 2 aromatic rings. The van der Waals surface area contributed by atoms with Crippen LogP contribution in [0, 0.1) is 11.7 Å². The van der Waals surface area contributed by atoms with Crippen LogP contribution in [-0.4, -0.2) is 58.8 Å². The SMILES string of the molecule is CC(C)CN1CCNC(=O)[C@@H]1CC(=O)N1CCc2nc(-c3cccc(F)c3)sc2C1. The maximum Gasteiger partial charge on any atom is 0.237 e. The molecular weight excluding hydrogens is 403 g/mol. The summed E-state index contributed by atoms with van der Waals surface area (Å²) < 4.78 is 13.6. The molecule has 8 heteroatoms. The van der Waals surface area contributed by atoms with Gasteiger partial charge in [-0.2, -0.15) is 0 Å². The quantitative estimate of drug-likeness (QED) is 0.792. The van der Waals surface area contributed by atoms with E-state index in [0.29, 0.717) is 32.0 Å². The predicted octanol–water partition coefficient (Wildman–Crippen LogP) is 2.68. The van der Waals surface area contributed by atoms with Crippen molar-refractivity contribution in [3.63, 3.8) is 0 Å². The third kappa shape index (κ3) is 4.54. The first-order valence-electron chi connectivity index (χ1n) is 10.4. The fraction of sp³-hybridized carbons (Fsp3) is 0.500. The summed E-state index contributed by atoms with van der Waals surface area (Å²) in [5, 5.41) is 3.68. The van der Waals surface area contributed by atoms with E-state index >= 15 is 0 Å². The number of hydrogen-bond donors (Lipinski definition) is 1. The number of hydrogen-bond acceptors (Lipinski definition) is 5. The maximum atomic E-state index is 13.6. The molecule has 1 N–H and O–H groups in total. The highest BCUT2D eigenvalue weighted by Gasteiger charge is 2.34. The molecule has 160 valence electrons. The summed E-state index contributed by atoms with van der Waals surface area (Å²) in [4.78, 5) is 35.1. The molecular formula is C22H27FN4O2S. The van der Waals surface area contributed by atoms with Crippen LogP contribution < -0.4 is 5.32 Å². The van der Waals surface area contributed by atoms with E-state index in [1.165, 1.54) is 23.5 Å². The van der Waals surface area contributed by atoms with Crippen LogP contribution in [0.15, 0.2) is 24.3 Å². The minimum atomic E-state index is -0.403. The van der Waals surface area contributed by atoms with Gasteiger partial charge in [-0.05, 0) is 18.1 Å². The summed E-state index contributed by atoms with van der Waals surface area (Å²) in [6.07, 6.45) is 0.878. The molecule has 1 aromatic heterocycles. The van der Waals surface area contributed by atoms with Gasteiger partial charge in [0.15, 0.2) is 0 Å². The molecule has 0 radical (unpaired) electrons. The standard InChI is InChI=1S/C22H27FN4O2S/c1-14(2)12-26-9-7-24-21(29)18(26)11-20(28)27-8-6-17-19(13-27)30-22(25-17)15-4-3-5-16(23)10-15/h3-5,10,14,18H,6-9,11-13H2,1-2H3,(H,24,29)/t18-/m0/s1. The zero-order valence-electron chi connectivity index (χ0n) is 17.4. The average molecular weight is 431 g/mol. The summed E-state index contributed by atoms with van der Waals surface area (Å²) in [6.45, 7) is 7.55. The number of benzene rings is 1. The van der Waals surface area contributed by atoms with Gasteiger partial charge in [-0.15, -0.1) is 11.3 Å². The molecule has 4 rings (SSSR count). The molecule has 0 saturated carbocycles. The largest absolute Gasteiger partial charge is 0.353 e. The molecule has 30 heavy (non-hydrogen) atoms. The van der Waals surface area contributed by atoms with Crippen LogP contribution in [0.2, 0.25) is 0 Å². The number of thiazole rings is 1. The summed E-state index contributed by atoms with van der Waals surface area (Å²) in [5.74, 6) is 0.0926. The lowest BCUT2D eigenvalue weighted by Crippen LogP contribution is -2.57. The number of carbonyl (C=O) groups excluding carboxylic acids is 2. The van der Waals surface area contributed by atoms with Gasteiger partial charge >= 0.3 is 0 Å². The molecule has 0 bridgehead atoms. The third-order valence-corrected chi connectivity index (χ3v) is 6.70. The zero-order valence-corrected chi connectivity index (χ0v) is 18.2. The molecule has 0 spiro atoms. The van der Waals surface area contributed by atoms with Crippen LogP contribution >= 0.6 is 11.3 Å². The van der Waals surface area contributed by atoms with Gasteiger partial charge in [-0.3, -0.25) is 14.5 Å². The summed E-state index contributed by atoms with van der Waals surface area (Å²) in [6, 6.07) is 6.03. The Morgan fingerprint density at radius 2 is 2.20 bits per heavy atom. The van der Waals surface area contributed by atoms with Crippen molar-refractivity contribution in [3.8, 4) is 10.6 Å². The maximum absolute atomic E-state index is 13.6. The van der Waals surface area contributed by atoms with Gasteiger partial charge in [0.2, 0.25) is 11.8 Å². The summed E-state index contributed by atoms with van der Waals surface area (Å²) in [7, 11) is 0. The van der Waals surface area contributed by atoms with E-state index in [0.717, 1.165) is 34.2 Å². The van der Waals surface area contributed by atoms with Gasteiger partial charge in [0.25, 0.3) is 0 Å². The van der Waals surface area contributed by atoms with Crippen LogP contribution in [0.5, 0.6) is 0 Å². The van der Waals surface area contributed by atoms with Crippen molar-refractivity contribution in [2.75, 3.05) is 26.2 Å². The van der Waals surface area contributed by atoms with Crippen LogP contribution in [-0.2, 0) is 22.6 Å². The Balaban J connectivity index is 1.45. The van der Waals surface area contributed by atoms with Crippen LogP contribution in [0.4, 0.5) is 4.39 Å². The van der Waals surface area contributed by atoms with Crippen LogP contribution in [0.25, 0.3) is 10.6 Å². The Hall–Kier alpha value is -2.32. The average Bonchev–Trinajstić information content (AvgIpc) is 3.13. The van der Waals surface area contributed by atoms with E-state index in [1.54, 1.807) is 6.07 Å². The normalized spacial score (nSPS) is 19.7. The van der Waals surface area contributed by atoms with E-state index in [1.807, 2.05) is 11.0 Å². The minimum absolute atomic E-state index is 0.00263. The highest BCUT2D eigenvalue weighted by molar-refractivity contribution is 7.15. The molecule has 1 fully saturated rings. The molecule has 2 aliphatic rings. The first kappa shape index (κ1) is 20.9. The second-order valence-corrected chi connectivity index (χ2v) is 9.45. The van der Waals surface area contributed by atoms with Crippen molar-refractivity contribution >= 4 is 23.2 Å². The van der Waals surface area contributed by atoms with E-state index < -0.39 is 6.04 Å². The second kappa shape index (κ2) is 8.81. The molecule has 1 atom stereocenters. The topological polar surface area (TPSA) is 65.5 Å². The van der Waals surface area contributed by atoms with Crippen LogP contribution in [0.1, 0.15) is 30.8 Å². The van der Waals surface area contributed by atoms with Crippen molar-refractivity contribution < 1.29 is 14.0 Å². The Morgan fingerprint density at radius 3 is 2.97 bits per heavy atom. The highest BCUT2D eigenvalue weighted by atomic mass is 32.1. The Kier molecular flexibility index (Phi) is 6.15. The summed E-state index contributed by atoms with van der Waals surface area (Å²) >= 11 is 1.51. The number of halogens is 1. The number of aromatic nitrogens is 1. The van der Waals surface area contributed by atoms with E-state index in [4.69, 9.17) is 0 Å². The Labute approximate surface area is 180 Å². The van der Waals surface area contributed by atoms with Crippen LogP contribution in [0.3, 0.4) is 0 Å². The highest BCUT2D eigenvalue weighted by Crippen LogP contribution is 2.32. The molecule has 2 amide bonds. The number of piperazine rings is 1. The fourth-order valence-corrected chi connectivity index (χ4v) is 5.24. The smallest absolute Gasteiger partial charge is 0.237 e. The number of fused-ring (bicyclic) bond motifs is 1. The van der Waals surface area contributed by atoms with E-state index in [-0.39, 0.29) is 24.1 Å². The second-order valence-electron chi connectivity index (χ2n) is 8.36. The third-order valence-electron chi connectivity index (χ3n) is 5.56. The lowest BCUT2D eigenvalue weighted by atomic mass is 10.0. The Bertz CT molecular complexity index is 945. The molecule has 0 unspecified atom stereocenters. The number of rotatable bonds is 5. The molecule has 2 aliphatic heterocycles. The van der Waals surface area contributed by atoms with Crippen molar-refractivity contribution in [1.82, 2.24) is 20.1 Å². The van der Waals surface area contributed by atoms with Crippen molar-refractivity contribution in [2.24, 2.45) is 5.92 Å². The monoisotopic (exact) mass is 430 g/mol. The zero-order chi connectivity index (χ0) is 21.3. The lowest BCUT2D eigenvalue weighted by molar-refractivity contribution is -0.139. The number of carbonyl (C=O) groups is 2. The number of nitrogens with zero attached hydrogens (tertiary/aromatic N) is 3. The van der Waals surface area contributed by atoms with E-state index in [2.05, 4.69) is 29.0 Å². The van der Waals surface area contributed by atoms with Gasteiger partial charge in [-0.1, -0.05) is 26.0 Å².